The summed E-state index contributed by atoms with van der Waals surface area (Å²) in [6.07, 6.45) is 0. The molecule has 2 aromatic rings. The molecule has 0 unspecified atom stereocenters. The zero-order valence-corrected chi connectivity index (χ0v) is 19.9. The lowest BCUT2D eigenvalue weighted by atomic mass is 9.87. The summed E-state index contributed by atoms with van der Waals surface area (Å²) in [5.74, 6) is 0.518. The first kappa shape index (κ1) is 24.7. The topological polar surface area (TPSA) is 84.9 Å². The van der Waals surface area contributed by atoms with E-state index < -0.39 is 15.9 Å². The number of benzene rings is 2. The SMILES string of the molecule is CCN(CC)S(=O)(=O)c1ccc(OC)c(NC(=O)COc2ccc(C(C)(C)C)cc2)c1. The van der Waals surface area contributed by atoms with E-state index in [9.17, 15) is 13.2 Å². The number of methoxy groups -OCH3 is 1. The Hall–Kier alpha value is -2.58. The van der Waals surface area contributed by atoms with E-state index in [2.05, 4.69) is 26.1 Å². The van der Waals surface area contributed by atoms with Crippen molar-refractivity contribution in [3.8, 4) is 11.5 Å². The zero-order valence-electron chi connectivity index (χ0n) is 19.1. The molecule has 0 aliphatic rings. The van der Waals surface area contributed by atoms with Gasteiger partial charge in [0.05, 0.1) is 17.7 Å². The second-order valence-electron chi connectivity index (χ2n) is 8.06. The summed E-state index contributed by atoms with van der Waals surface area (Å²) >= 11 is 0. The van der Waals surface area contributed by atoms with Crippen LogP contribution < -0.4 is 14.8 Å². The van der Waals surface area contributed by atoms with Crippen LogP contribution in [0.1, 0.15) is 40.2 Å². The predicted octanol–water partition coefficient (Wildman–Crippen LogP) is 4.04. The molecular formula is C23H32N2O5S. The Balaban J connectivity index is 2.13. The fraction of sp³-hybridized carbons (Fsp3) is 0.435. The number of sulfonamides is 1. The predicted molar refractivity (Wildman–Crippen MR) is 122 cm³/mol. The number of anilines is 1. The Morgan fingerprint density at radius 3 is 2.16 bits per heavy atom. The van der Waals surface area contributed by atoms with E-state index in [1.54, 1.807) is 13.8 Å². The molecule has 0 radical (unpaired) electrons. The third-order valence-electron chi connectivity index (χ3n) is 4.88. The van der Waals surface area contributed by atoms with Crippen LogP contribution in [0.5, 0.6) is 11.5 Å². The average Bonchev–Trinajstić information content (AvgIpc) is 2.72. The quantitative estimate of drug-likeness (QED) is 0.626. The maximum Gasteiger partial charge on any atom is 0.262 e. The number of carbonyl (C=O) groups is 1. The van der Waals surface area contributed by atoms with Gasteiger partial charge < -0.3 is 14.8 Å². The van der Waals surface area contributed by atoms with Crippen molar-refractivity contribution in [2.24, 2.45) is 0 Å². The number of nitrogens with one attached hydrogen (secondary N) is 1. The van der Waals surface area contributed by atoms with Gasteiger partial charge in [-0.2, -0.15) is 4.31 Å². The second kappa shape index (κ2) is 10.2. The van der Waals surface area contributed by atoms with Crippen molar-refractivity contribution in [3.63, 3.8) is 0 Å². The Morgan fingerprint density at radius 2 is 1.65 bits per heavy atom. The van der Waals surface area contributed by atoms with Crippen LogP contribution in [0.25, 0.3) is 0 Å². The van der Waals surface area contributed by atoms with Crippen molar-refractivity contribution in [3.05, 3.63) is 48.0 Å². The fourth-order valence-corrected chi connectivity index (χ4v) is 4.53. The van der Waals surface area contributed by atoms with Crippen LogP contribution in [0.4, 0.5) is 5.69 Å². The molecule has 0 atom stereocenters. The van der Waals surface area contributed by atoms with Crippen molar-refractivity contribution >= 4 is 21.6 Å². The van der Waals surface area contributed by atoms with Gasteiger partial charge in [-0.15, -0.1) is 0 Å². The summed E-state index contributed by atoms with van der Waals surface area (Å²) in [5, 5.41) is 2.68. The Labute approximate surface area is 185 Å². The number of rotatable bonds is 9. The number of ether oxygens (including phenoxy) is 2. The molecule has 0 fully saturated rings. The minimum atomic E-state index is -3.66. The number of hydrogen-bond acceptors (Lipinski definition) is 5. The van der Waals surface area contributed by atoms with Gasteiger partial charge in [-0.25, -0.2) is 8.42 Å². The van der Waals surface area contributed by atoms with Gasteiger partial charge in [0.15, 0.2) is 6.61 Å². The molecule has 31 heavy (non-hydrogen) atoms. The van der Waals surface area contributed by atoms with Crippen LogP contribution >= 0.6 is 0 Å². The Morgan fingerprint density at radius 1 is 1.03 bits per heavy atom. The minimum Gasteiger partial charge on any atom is -0.495 e. The van der Waals surface area contributed by atoms with Crippen LogP contribution in [0.2, 0.25) is 0 Å². The van der Waals surface area contributed by atoms with Crippen molar-refractivity contribution < 1.29 is 22.7 Å². The summed E-state index contributed by atoms with van der Waals surface area (Å²) in [7, 11) is -2.21. The Bertz CT molecular complexity index is 992. The van der Waals surface area contributed by atoms with Crippen molar-refractivity contribution in [2.75, 3.05) is 32.1 Å². The number of amides is 1. The summed E-state index contributed by atoms with van der Waals surface area (Å²) in [6, 6.07) is 12.0. The molecule has 8 heteroatoms. The van der Waals surface area contributed by atoms with E-state index >= 15 is 0 Å². The molecule has 1 N–H and O–H groups in total. The molecular weight excluding hydrogens is 416 g/mol. The molecule has 0 bridgehead atoms. The van der Waals surface area contributed by atoms with Gasteiger partial charge >= 0.3 is 0 Å². The highest BCUT2D eigenvalue weighted by molar-refractivity contribution is 7.89. The summed E-state index contributed by atoms with van der Waals surface area (Å²) in [6.45, 7) is 10.4. The molecule has 0 aliphatic heterocycles. The van der Waals surface area contributed by atoms with E-state index in [1.807, 2.05) is 24.3 Å². The number of hydrogen-bond donors (Lipinski definition) is 1. The van der Waals surface area contributed by atoms with Crippen molar-refractivity contribution in [1.29, 1.82) is 0 Å². The van der Waals surface area contributed by atoms with Gasteiger partial charge in [-0.3, -0.25) is 4.79 Å². The summed E-state index contributed by atoms with van der Waals surface area (Å²) in [5.41, 5.74) is 1.47. The highest BCUT2D eigenvalue weighted by Crippen LogP contribution is 2.29. The molecule has 2 aromatic carbocycles. The van der Waals surface area contributed by atoms with E-state index in [-0.39, 0.29) is 22.6 Å². The number of nitrogens with zero attached hydrogens (tertiary/aromatic N) is 1. The fourth-order valence-electron chi connectivity index (χ4n) is 3.04. The van der Waals surface area contributed by atoms with Gasteiger partial charge in [0, 0.05) is 13.1 Å². The maximum absolute atomic E-state index is 12.8. The van der Waals surface area contributed by atoms with Crippen LogP contribution in [0.3, 0.4) is 0 Å². The molecule has 0 saturated carbocycles. The first-order valence-corrected chi connectivity index (χ1v) is 11.7. The van der Waals surface area contributed by atoms with Gasteiger partial charge in [-0.1, -0.05) is 46.8 Å². The summed E-state index contributed by atoms with van der Waals surface area (Å²) < 4.78 is 37.8. The maximum atomic E-state index is 12.8. The molecule has 1 amide bonds. The molecule has 0 spiro atoms. The zero-order chi connectivity index (χ0) is 23.2. The molecule has 170 valence electrons. The van der Waals surface area contributed by atoms with Crippen LogP contribution in [-0.2, 0) is 20.2 Å². The van der Waals surface area contributed by atoms with Crippen LogP contribution in [0.15, 0.2) is 47.4 Å². The molecule has 2 rings (SSSR count). The Kier molecular flexibility index (Phi) is 8.08. The van der Waals surface area contributed by atoms with Crippen LogP contribution in [0, 0.1) is 0 Å². The highest BCUT2D eigenvalue weighted by Gasteiger charge is 2.23. The van der Waals surface area contributed by atoms with Gasteiger partial charge in [0.1, 0.15) is 11.5 Å². The lowest BCUT2D eigenvalue weighted by Crippen LogP contribution is -2.30. The molecule has 0 aromatic heterocycles. The molecule has 0 saturated heterocycles. The highest BCUT2D eigenvalue weighted by atomic mass is 32.2. The third-order valence-corrected chi connectivity index (χ3v) is 6.92. The van der Waals surface area contributed by atoms with Crippen molar-refractivity contribution in [1.82, 2.24) is 4.31 Å². The summed E-state index contributed by atoms with van der Waals surface area (Å²) in [4.78, 5) is 12.5. The second-order valence-corrected chi connectivity index (χ2v) is 10.0. The normalized spacial score (nSPS) is 12.0. The van der Waals surface area contributed by atoms with E-state index in [0.717, 1.165) is 0 Å². The first-order valence-electron chi connectivity index (χ1n) is 10.2. The molecule has 0 heterocycles. The lowest BCUT2D eigenvalue weighted by molar-refractivity contribution is -0.118. The smallest absolute Gasteiger partial charge is 0.262 e. The standard InChI is InChI=1S/C23H32N2O5S/c1-7-25(8-2)31(27,28)19-13-14-21(29-6)20(15-19)24-22(26)16-30-18-11-9-17(10-12-18)23(3,4)5/h9-15H,7-8,16H2,1-6H3,(H,24,26). The first-order chi connectivity index (χ1) is 14.5. The van der Waals surface area contributed by atoms with Gasteiger partial charge in [0.25, 0.3) is 5.91 Å². The van der Waals surface area contributed by atoms with Crippen molar-refractivity contribution in [2.45, 2.75) is 44.9 Å². The molecule has 0 aliphatic carbocycles. The third kappa shape index (κ3) is 6.21. The number of carbonyl (C=O) groups excluding carboxylic acids is 1. The van der Waals surface area contributed by atoms with E-state index in [1.165, 1.54) is 35.2 Å². The largest absolute Gasteiger partial charge is 0.495 e. The van der Waals surface area contributed by atoms with Gasteiger partial charge in [0.2, 0.25) is 10.0 Å². The van der Waals surface area contributed by atoms with Gasteiger partial charge in [-0.05, 0) is 41.3 Å². The molecule has 7 nitrogen and oxygen atoms in total. The lowest BCUT2D eigenvalue weighted by Gasteiger charge is -2.20. The van der Waals surface area contributed by atoms with E-state index in [4.69, 9.17) is 9.47 Å². The van der Waals surface area contributed by atoms with E-state index in [0.29, 0.717) is 24.6 Å². The monoisotopic (exact) mass is 448 g/mol. The minimum absolute atomic E-state index is 0.0307. The van der Waals surface area contributed by atoms with Crippen LogP contribution in [-0.4, -0.2) is 45.4 Å². The average molecular weight is 449 g/mol.